The molecule has 0 radical (unpaired) electrons. The van der Waals surface area contributed by atoms with Gasteiger partial charge in [0.15, 0.2) is 5.82 Å². The van der Waals surface area contributed by atoms with Gasteiger partial charge in [-0.3, -0.25) is 4.79 Å². The van der Waals surface area contributed by atoms with Gasteiger partial charge >= 0.3 is 0 Å². The molecule has 3 rings (SSSR count). The molecule has 2 heterocycles. The molecule has 1 atom stereocenters. The second-order valence-electron chi connectivity index (χ2n) is 7.50. The fourth-order valence-corrected chi connectivity index (χ4v) is 4.39. The fraction of sp³-hybridized carbons (Fsp3) is 0.500. The molecular formula is C22H33N7OS. The summed E-state index contributed by atoms with van der Waals surface area (Å²) < 4.78 is 2.20. The summed E-state index contributed by atoms with van der Waals surface area (Å²) in [6.45, 7) is 6.95. The van der Waals surface area contributed by atoms with Gasteiger partial charge in [0.05, 0.1) is 23.6 Å². The first-order valence-electron chi connectivity index (χ1n) is 10.9. The maximum absolute atomic E-state index is 12.2. The van der Waals surface area contributed by atoms with Crippen LogP contribution in [0.3, 0.4) is 0 Å². The number of nitrogens with zero attached hydrogens (tertiary/aromatic N) is 3. The number of benzene rings is 1. The first-order chi connectivity index (χ1) is 15.1. The number of carbonyl (C=O) groups excluding carboxylic acids is 1. The van der Waals surface area contributed by atoms with Gasteiger partial charge in [-0.15, -0.1) is 0 Å². The maximum Gasteiger partial charge on any atom is 0.237 e. The van der Waals surface area contributed by atoms with Crippen LogP contribution in [-0.4, -0.2) is 51.1 Å². The summed E-state index contributed by atoms with van der Waals surface area (Å²) in [6, 6.07) is 7.50. The molecule has 0 spiro atoms. The number of thioether (sulfide) groups is 1. The second kappa shape index (κ2) is 11.3. The number of aryl methyl sites for hydroxylation is 1. The van der Waals surface area contributed by atoms with Crippen LogP contribution in [0.1, 0.15) is 32.5 Å². The van der Waals surface area contributed by atoms with E-state index in [1.54, 1.807) is 11.8 Å². The average Bonchev–Trinajstić information content (AvgIpc) is 3.14. The number of amides is 1. The van der Waals surface area contributed by atoms with Crippen molar-refractivity contribution in [2.24, 2.45) is 5.73 Å². The Morgan fingerprint density at radius 3 is 2.84 bits per heavy atom. The molecule has 2 aromatic heterocycles. The van der Waals surface area contributed by atoms with Crippen molar-refractivity contribution in [3.05, 3.63) is 30.1 Å². The lowest BCUT2D eigenvalue weighted by Crippen LogP contribution is -2.42. The average molecular weight is 444 g/mol. The Hall–Kier alpha value is -2.36. The molecule has 1 amide bonds. The number of para-hydroxylation sites is 1. The van der Waals surface area contributed by atoms with Crippen molar-refractivity contribution in [1.29, 1.82) is 0 Å². The molecule has 0 saturated carbocycles. The van der Waals surface area contributed by atoms with Gasteiger partial charge < -0.3 is 26.7 Å². The standard InChI is InChI=1S/C22H33N7OS/c1-3-12-31-14-16(23)22(30)26-10-7-11-29-18(13-25-4-2)28-19-20(29)15-8-5-6-9-17(15)27-21(19)24/h5-6,8-9,16,25H,3-4,7,10-14,23H2,1-2H3,(H2,24,27)(H,26,30)/t16-/m0/s1. The van der Waals surface area contributed by atoms with Crippen LogP contribution in [0.4, 0.5) is 5.82 Å². The number of aromatic nitrogens is 3. The third-order valence-electron chi connectivity index (χ3n) is 5.06. The Morgan fingerprint density at radius 1 is 1.26 bits per heavy atom. The van der Waals surface area contributed by atoms with Crippen LogP contribution in [0.5, 0.6) is 0 Å². The first-order valence-corrected chi connectivity index (χ1v) is 12.1. The lowest BCUT2D eigenvalue weighted by molar-refractivity contribution is -0.121. The molecule has 1 aromatic carbocycles. The highest BCUT2D eigenvalue weighted by Gasteiger charge is 2.17. The van der Waals surface area contributed by atoms with Gasteiger partial charge in [0.25, 0.3) is 0 Å². The Balaban J connectivity index is 1.75. The van der Waals surface area contributed by atoms with Crippen molar-refractivity contribution >= 4 is 45.4 Å². The van der Waals surface area contributed by atoms with Gasteiger partial charge in [0.1, 0.15) is 11.3 Å². The number of imidazole rings is 1. The van der Waals surface area contributed by atoms with E-state index < -0.39 is 6.04 Å². The molecule has 6 N–H and O–H groups in total. The highest BCUT2D eigenvalue weighted by atomic mass is 32.2. The molecule has 31 heavy (non-hydrogen) atoms. The molecule has 3 aromatic rings. The fourth-order valence-electron chi connectivity index (χ4n) is 3.53. The topological polar surface area (TPSA) is 124 Å². The summed E-state index contributed by atoms with van der Waals surface area (Å²) in [4.78, 5) is 21.5. The smallest absolute Gasteiger partial charge is 0.237 e. The highest BCUT2D eigenvalue weighted by Crippen LogP contribution is 2.28. The van der Waals surface area contributed by atoms with Crippen molar-refractivity contribution in [3.8, 4) is 0 Å². The number of hydrogen-bond donors (Lipinski definition) is 4. The van der Waals surface area contributed by atoms with E-state index in [4.69, 9.17) is 16.5 Å². The molecule has 0 aliphatic carbocycles. The van der Waals surface area contributed by atoms with Crippen LogP contribution >= 0.6 is 11.8 Å². The van der Waals surface area contributed by atoms with Gasteiger partial charge in [0.2, 0.25) is 5.91 Å². The molecule has 0 fully saturated rings. The van der Waals surface area contributed by atoms with E-state index in [1.165, 1.54) is 0 Å². The van der Waals surface area contributed by atoms with Crippen LogP contribution in [0, 0.1) is 0 Å². The summed E-state index contributed by atoms with van der Waals surface area (Å²) >= 11 is 1.72. The third kappa shape index (κ3) is 5.66. The number of nitrogen functional groups attached to an aromatic ring is 1. The SMILES string of the molecule is CCCSC[C@H](N)C(=O)NCCCn1c(CNCC)nc2c(N)nc3ccccc3c21. The van der Waals surface area contributed by atoms with Crippen LogP contribution < -0.4 is 22.1 Å². The summed E-state index contributed by atoms with van der Waals surface area (Å²) in [5.41, 5.74) is 14.8. The molecule has 168 valence electrons. The minimum absolute atomic E-state index is 0.0918. The minimum Gasteiger partial charge on any atom is -0.382 e. The first kappa shape index (κ1) is 23.3. The van der Waals surface area contributed by atoms with Crippen LogP contribution in [0.15, 0.2) is 24.3 Å². The van der Waals surface area contributed by atoms with Crippen molar-refractivity contribution in [3.63, 3.8) is 0 Å². The Bertz CT molecular complexity index is 1020. The zero-order valence-electron chi connectivity index (χ0n) is 18.4. The zero-order valence-corrected chi connectivity index (χ0v) is 19.2. The Morgan fingerprint density at radius 2 is 2.06 bits per heavy atom. The highest BCUT2D eigenvalue weighted by molar-refractivity contribution is 7.99. The largest absolute Gasteiger partial charge is 0.382 e. The van der Waals surface area contributed by atoms with E-state index in [0.29, 0.717) is 31.2 Å². The normalized spacial score (nSPS) is 12.5. The summed E-state index contributed by atoms with van der Waals surface area (Å²) in [5, 5.41) is 7.34. The van der Waals surface area contributed by atoms with E-state index in [-0.39, 0.29) is 5.91 Å². The quantitative estimate of drug-likeness (QED) is 0.317. The van der Waals surface area contributed by atoms with E-state index >= 15 is 0 Å². The molecular weight excluding hydrogens is 410 g/mol. The summed E-state index contributed by atoms with van der Waals surface area (Å²) in [5.74, 6) is 2.94. The predicted molar refractivity (Wildman–Crippen MR) is 130 cm³/mol. The second-order valence-corrected chi connectivity index (χ2v) is 8.65. The van der Waals surface area contributed by atoms with Gasteiger partial charge in [-0.25, -0.2) is 9.97 Å². The number of carbonyl (C=O) groups is 1. The van der Waals surface area contributed by atoms with Crippen LogP contribution in [0.2, 0.25) is 0 Å². The van der Waals surface area contributed by atoms with E-state index in [1.807, 2.05) is 24.3 Å². The number of pyridine rings is 1. The maximum atomic E-state index is 12.2. The molecule has 0 bridgehead atoms. The van der Waals surface area contributed by atoms with Gasteiger partial charge in [-0.1, -0.05) is 32.0 Å². The van der Waals surface area contributed by atoms with Crippen LogP contribution in [0.25, 0.3) is 21.9 Å². The predicted octanol–water partition coefficient (Wildman–Crippen LogP) is 2.25. The molecule has 9 heteroatoms. The molecule has 0 aliphatic rings. The number of hydrogen-bond acceptors (Lipinski definition) is 7. The molecule has 0 aliphatic heterocycles. The zero-order chi connectivity index (χ0) is 22.2. The molecule has 0 saturated heterocycles. The van der Waals surface area contributed by atoms with E-state index in [0.717, 1.165) is 52.9 Å². The number of anilines is 1. The van der Waals surface area contributed by atoms with Crippen molar-refractivity contribution in [2.45, 2.75) is 45.8 Å². The Kier molecular flexibility index (Phi) is 8.51. The molecule has 8 nitrogen and oxygen atoms in total. The summed E-state index contributed by atoms with van der Waals surface area (Å²) in [7, 11) is 0. The van der Waals surface area contributed by atoms with Crippen molar-refractivity contribution in [1.82, 2.24) is 25.2 Å². The Labute approximate surface area is 187 Å². The third-order valence-corrected chi connectivity index (χ3v) is 6.35. The lowest BCUT2D eigenvalue weighted by Gasteiger charge is -2.14. The summed E-state index contributed by atoms with van der Waals surface area (Å²) in [6.07, 6.45) is 1.85. The minimum atomic E-state index is -0.468. The van der Waals surface area contributed by atoms with E-state index in [9.17, 15) is 4.79 Å². The lowest BCUT2D eigenvalue weighted by atomic mass is 10.2. The van der Waals surface area contributed by atoms with Gasteiger partial charge in [-0.05, 0) is 31.2 Å². The number of rotatable bonds is 12. The number of nitrogens with two attached hydrogens (primary N) is 2. The van der Waals surface area contributed by atoms with Crippen molar-refractivity contribution < 1.29 is 4.79 Å². The van der Waals surface area contributed by atoms with Gasteiger partial charge in [0, 0.05) is 24.2 Å². The molecule has 0 unspecified atom stereocenters. The monoisotopic (exact) mass is 443 g/mol. The van der Waals surface area contributed by atoms with Crippen molar-refractivity contribution in [2.75, 3.05) is 30.3 Å². The van der Waals surface area contributed by atoms with Crippen LogP contribution in [-0.2, 0) is 17.9 Å². The van der Waals surface area contributed by atoms with Gasteiger partial charge in [-0.2, -0.15) is 11.8 Å². The number of nitrogens with one attached hydrogen (secondary N) is 2. The van der Waals surface area contributed by atoms with E-state index in [2.05, 4.69) is 34.0 Å². The number of fused-ring (bicyclic) bond motifs is 3.